The molecule has 33 heavy (non-hydrogen) atoms. The van der Waals surface area contributed by atoms with Crippen LogP contribution in [0.2, 0.25) is 0 Å². The first-order chi connectivity index (χ1) is 16.1. The summed E-state index contributed by atoms with van der Waals surface area (Å²) in [6.45, 7) is 2.49. The molecule has 5 rings (SSSR count). The summed E-state index contributed by atoms with van der Waals surface area (Å²) < 4.78 is 5.92. The molecule has 2 heterocycles. The molecule has 2 N–H and O–H groups in total. The van der Waals surface area contributed by atoms with Gasteiger partial charge < -0.3 is 15.0 Å². The molecule has 2 aliphatic rings. The highest BCUT2D eigenvalue weighted by Gasteiger charge is 2.37. The van der Waals surface area contributed by atoms with Gasteiger partial charge in [-0.2, -0.15) is 0 Å². The molecule has 1 aliphatic carbocycles. The van der Waals surface area contributed by atoms with Crippen LogP contribution in [-0.4, -0.2) is 21.5 Å². The van der Waals surface area contributed by atoms with E-state index in [-0.39, 0.29) is 11.3 Å². The van der Waals surface area contributed by atoms with Gasteiger partial charge in [-0.15, -0.1) is 0 Å². The molecule has 168 valence electrons. The van der Waals surface area contributed by atoms with Crippen molar-refractivity contribution >= 4 is 23.4 Å². The zero-order chi connectivity index (χ0) is 22.8. The number of aromatic amines is 1. The second kappa shape index (κ2) is 9.27. The monoisotopic (exact) mass is 459 g/mol. The third-order valence-electron chi connectivity index (χ3n) is 5.98. The lowest BCUT2D eigenvalue weighted by atomic mass is 9.76. The number of carbonyl (C=O) groups excluding carboxylic acids is 1. The zero-order valence-corrected chi connectivity index (χ0v) is 19.2. The molecule has 1 aliphatic heterocycles. The van der Waals surface area contributed by atoms with Gasteiger partial charge in [0, 0.05) is 23.6 Å². The lowest BCUT2D eigenvalue weighted by Gasteiger charge is -2.32. The van der Waals surface area contributed by atoms with Gasteiger partial charge in [0.25, 0.3) is 5.56 Å². The molecule has 0 amide bonds. The molecular formula is C26H25N3O3S. The van der Waals surface area contributed by atoms with Crippen molar-refractivity contribution in [3.05, 3.63) is 92.9 Å². The maximum atomic E-state index is 13.1. The quantitative estimate of drug-likeness (QED) is 0.398. The molecule has 3 aromatic rings. The average molecular weight is 460 g/mol. The number of rotatable bonds is 6. The Balaban J connectivity index is 1.51. The van der Waals surface area contributed by atoms with Gasteiger partial charge in [-0.05, 0) is 41.9 Å². The van der Waals surface area contributed by atoms with Crippen molar-refractivity contribution < 1.29 is 9.53 Å². The van der Waals surface area contributed by atoms with E-state index < -0.39 is 5.92 Å². The van der Waals surface area contributed by atoms with E-state index in [1.165, 1.54) is 11.8 Å². The Morgan fingerprint density at radius 1 is 1.06 bits per heavy atom. The molecule has 6 nitrogen and oxygen atoms in total. The van der Waals surface area contributed by atoms with Crippen LogP contribution in [0.15, 0.2) is 75.8 Å². The Hall–Kier alpha value is -3.32. The lowest BCUT2D eigenvalue weighted by molar-refractivity contribution is -0.116. The van der Waals surface area contributed by atoms with Crippen LogP contribution in [0, 0.1) is 0 Å². The van der Waals surface area contributed by atoms with Crippen molar-refractivity contribution in [3.63, 3.8) is 0 Å². The van der Waals surface area contributed by atoms with Crippen LogP contribution in [0.1, 0.15) is 48.8 Å². The number of benzene rings is 2. The molecule has 1 aromatic heterocycles. The van der Waals surface area contributed by atoms with E-state index >= 15 is 0 Å². The number of ether oxygens (including phenoxy) is 1. The second-order valence-electron chi connectivity index (χ2n) is 8.14. The third kappa shape index (κ3) is 4.33. The number of hydrogen-bond donors (Lipinski definition) is 2. The molecule has 0 saturated carbocycles. The number of ketones is 1. The molecule has 2 aromatic carbocycles. The maximum absolute atomic E-state index is 13.1. The number of thioether (sulfide) groups is 1. The topological polar surface area (TPSA) is 84.1 Å². The van der Waals surface area contributed by atoms with Crippen molar-refractivity contribution in [1.29, 1.82) is 0 Å². The van der Waals surface area contributed by atoms with E-state index in [1.807, 2.05) is 61.5 Å². The van der Waals surface area contributed by atoms with Crippen LogP contribution < -0.4 is 15.6 Å². The van der Waals surface area contributed by atoms with Crippen LogP contribution in [0.4, 0.5) is 5.82 Å². The van der Waals surface area contributed by atoms with Crippen molar-refractivity contribution in [2.45, 2.75) is 43.9 Å². The maximum Gasteiger partial charge on any atom is 0.257 e. The first kappa shape index (κ1) is 21.5. The van der Waals surface area contributed by atoms with Crippen molar-refractivity contribution in [2.24, 2.45) is 0 Å². The number of nitrogens with one attached hydrogen (secondary N) is 2. The van der Waals surface area contributed by atoms with Crippen LogP contribution in [0.25, 0.3) is 0 Å². The number of H-pyrrole nitrogens is 1. The van der Waals surface area contributed by atoms with E-state index in [2.05, 4.69) is 15.3 Å². The van der Waals surface area contributed by atoms with Crippen LogP contribution in [0.5, 0.6) is 5.75 Å². The van der Waals surface area contributed by atoms with E-state index in [9.17, 15) is 9.59 Å². The summed E-state index contributed by atoms with van der Waals surface area (Å²) >= 11 is 1.49. The molecule has 0 bridgehead atoms. The normalized spacial score (nSPS) is 17.2. The van der Waals surface area contributed by atoms with Gasteiger partial charge in [-0.25, -0.2) is 4.98 Å². The molecule has 0 spiro atoms. The summed E-state index contributed by atoms with van der Waals surface area (Å²) in [5.41, 5.74) is 3.85. The van der Waals surface area contributed by atoms with E-state index in [1.54, 1.807) is 0 Å². The number of nitrogens with zero attached hydrogens (tertiary/aromatic N) is 1. The Morgan fingerprint density at radius 3 is 2.61 bits per heavy atom. The van der Waals surface area contributed by atoms with Gasteiger partial charge in [0.05, 0.1) is 5.56 Å². The highest BCUT2D eigenvalue weighted by molar-refractivity contribution is 7.99. The molecule has 1 unspecified atom stereocenters. The van der Waals surface area contributed by atoms with Crippen molar-refractivity contribution in [1.82, 2.24) is 9.97 Å². The summed E-state index contributed by atoms with van der Waals surface area (Å²) in [7, 11) is 0. The first-order valence-corrected chi connectivity index (χ1v) is 12.2. The molecule has 0 fully saturated rings. The lowest BCUT2D eigenvalue weighted by Crippen LogP contribution is -2.32. The van der Waals surface area contributed by atoms with Crippen LogP contribution in [-0.2, 0) is 11.4 Å². The Bertz CT molecular complexity index is 1270. The van der Waals surface area contributed by atoms with Crippen LogP contribution in [0.3, 0.4) is 0 Å². The second-order valence-corrected chi connectivity index (χ2v) is 9.39. The summed E-state index contributed by atoms with van der Waals surface area (Å²) in [5, 5.41) is 3.89. The number of carbonyl (C=O) groups is 1. The number of anilines is 1. The van der Waals surface area contributed by atoms with Gasteiger partial charge in [-0.1, -0.05) is 61.2 Å². The molecule has 0 saturated heterocycles. The minimum Gasteiger partial charge on any atom is -0.489 e. The fraction of sp³-hybridized carbons (Fsp3) is 0.269. The SMILES string of the molecule is CCSc1nc2c(c(=O)[nH]1)C(c1ccc(OCc3ccccc3)cc1)C1=C(CCCC1=O)N2. The molecule has 7 heteroatoms. The van der Waals surface area contributed by atoms with E-state index in [0.717, 1.165) is 41.2 Å². The smallest absolute Gasteiger partial charge is 0.257 e. The first-order valence-electron chi connectivity index (χ1n) is 11.2. The molecule has 0 radical (unpaired) electrons. The summed E-state index contributed by atoms with van der Waals surface area (Å²) in [6.07, 6.45) is 2.08. The Labute approximate surface area is 196 Å². The fourth-order valence-electron chi connectivity index (χ4n) is 4.48. The highest BCUT2D eigenvalue weighted by Crippen LogP contribution is 2.43. The predicted molar refractivity (Wildman–Crippen MR) is 130 cm³/mol. The predicted octanol–water partition coefficient (Wildman–Crippen LogP) is 5.03. The van der Waals surface area contributed by atoms with E-state index in [4.69, 9.17) is 4.74 Å². The summed E-state index contributed by atoms with van der Waals surface area (Å²) in [4.78, 5) is 33.7. The zero-order valence-electron chi connectivity index (χ0n) is 18.4. The molecular weight excluding hydrogens is 434 g/mol. The Kier molecular flexibility index (Phi) is 6.05. The fourth-order valence-corrected chi connectivity index (χ4v) is 5.07. The number of hydrogen-bond acceptors (Lipinski definition) is 6. The summed E-state index contributed by atoms with van der Waals surface area (Å²) in [6, 6.07) is 17.7. The van der Waals surface area contributed by atoms with E-state index in [0.29, 0.717) is 35.1 Å². The number of Topliss-reactive ketones (excluding diaryl/α,β-unsaturated/α-hetero) is 1. The minimum atomic E-state index is -0.441. The van der Waals surface area contributed by atoms with Gasteiger partial charge in [0.15, 0.2) is 10.9 Å². The van der Waals surface area contributed by atoms with Gasteiger partial charge in [0.2, 0.25) is 0 Å². The number of aromatic nitrogens is 2. The van der Waals surface area contributed by atoms with Gasteiger partial charge in [0.1, 0.15) is 18.2 Å². The van der Waals surface area contributed by atoms with Crippen molar-refractivity contribution in [3.8, 4) is 5.75 Å². The van der Waals surface area contributed by atoms with Gasteiger partial charge >= 0.3 is 0 Å². The Morgan fingerprint density at radius 2 is 1.85 bits per heavy atom. The minimum absolute atomic E-state index is 0.0928. The summed E-state index contributed by atoms with van der Waals surface area (Å²) in [5.74, 6) is 1.75. The number of allylic oxidation sites excluding steroid dienone is 2. The van der Waals surface area contributed by atoms with Crippen molar-refractivity contribution in [2.75, 3.05) is 11.1 Å². The van der Waals surface area contributed by atoms with Gasteiger partial charge in [-0.3, -0.25) is 9.59 Å². The highest BCUT2D eigenvalue weighted by atomic mass is 32.2. The standard InChI is InChI=1S/C26H25N3O3S/c1-2-33-26-28-24-23(25(31)29-26)21(22-19(27-24)9-6-10-20(22)30)17-11-13-18(14-12-17)32-15-16-7-4-3-5-8-16/h3-5,7-8,11-14,21H,2,6,9-10,15H2,1H3,(H2,27,28,29,31). The largest absolute Gasteiger partial charge is 0.489 e. The molecule has 1 atom stereocenters. The average Bonchev–Trinajstić information content (AvgIpc) is 2.83. The number of fused-ring (bicyclic) bond motifs is 1. The van der Waals surface area contributed by atoms with Crippen LogP contribution >= 0.6 is 11.8 Å². The third-order valence-corrected chi connectivity index (χ3v) is 6.73.